The number of nitrogens with one attached hydrogen (secondary N) is 2. The van der Waals surface area contributed by atoms with Crippen molar-refractivity contribution in [2.24, 2.45) is 0 Å². The second-order valence-corrected chi connectivity index (χ2v) is 6.93. The van der Waals surface area contributed by atoms with E-state index in [2.05, 4.69) is 10.6 Å². The molecular weight excluding hydrogens is 304 g/mol. The number of likely N-dealkylation sites (N-methyl/N-ethyl adjacent to an activating group) is 1. The quantitative estimate of drug-likeness (QED) is 0.726. The molecule has 2 amide bonds. The summed E-state index contributed by atoms with van der Waals surface area (Å²) in [4.78, 5) is 29.2. The predicted octanol–water partition coefficient (Wildman–Crippen LogP) is 0.969. The van der Waals surface area contributed by atoms with Gasteiger partial charge >= 0.3 is 0 Å². The Balaban J connectivity index is 1.91. The highest BCUT2D eigenvalue weighted by atomic mass is 16.2. The Bertz CT molecular complexity index is 411. The Morgan fingerprint density at radius 3 is 2.29 bits per heavy atom. The first-order valence-corrected chi connectivity index (χ1v) is 9.66. The van der Waals surface area contributed by atoms with E-state index < -0.39 is 5.54 Å². The molecule has 138 valence electrons. The Morgan fingerprint density at radius 1 is 1.08 bits per heavy atom. The summed E-state index contributed by atoms with van der Waals surface area (Å²) < 4.78 is 0. The zero-order valence-electron chi connectivity index (χ0n) is 15.4. The maximum absolute atomic E-state index is 13.0. The molecule has 1 aliphatic heterocycles. The van der Waals surface area contributed by atoms with E-state index in [1.807, 2.05) is 23.6 Å². The molecule has 0 unspecified atom stereocenters. The zero-order valence-corrected chi connectivity index (χ0v) is 15.4. The van der Waals surface area contributed by atoms with Crippen LogP contribution in [0.1, 0.15) is 52.4 Å². The number of carbonyl (C=O) groups excluding carboxylic acids is 2. The summed E-state index contributed by atoms with van der Waals surface area (Å²) in [6, 6.07) is 0. The number of rotatable bonds is 7. The topological polar surface area (TPSA) is 64.7 Å². The molecule has 0 bridgehead atoms. The number of hydrogen-bond donors (Lipinski definition) is 2. The van der Waals surface area contributed by atoms with E-state index in [1.165, 1.54) is 6.42 Å². The van der Waals surface area contributed by atoms with Crippen molar-refractivity contribution in [3.63, 3.8) is 0 Å². The summed E-state index contributed by atoms with van der Waals surface area (Å²) in [5, 5.41) is 6.76. The first-order valence-electron chi connectivity index (χ1n) is 9.66. The van der Waals surface area contributed by atoms with E-state index in [0.717, 1.165) is 65.0 Å². The minimum Gasteiger partial charge on any atom is -0.342 e. The smallest absolute Gasteiger partial charge is 0.242 e. The van der Waals surface area contributed by atoms with Gasteiger partial charge in [0.25, 0.3) is 0 Å². The van der Waals surface area contributed by atoms with Crippen molar-refractivity contribution in [2.45, 2.75) is 57.9 Å². The van der Waals surface area contributed by atoms with E-state index in [9.17, 15) is 9.59 Å². The number of piperazine rings is 1. The molecule has 1 saturated heterocycles. The molecule has 0 atom stereocenters. The Hall–Kier alpha value is -1.14. The molecule has 0 radical (unpaired) electrons. The maximum Gasteiger partial charge on any atom is 0.242 e. The molecule has 2 rings (SSSR count). The van der Waals surface area contributed by atoms with Crippen LogP contribution in [-0.2, 0) is 9.59 Å². The van der Waals surface area contributed by atoms with E-state index in [0.29, 0.717) is 13.0 Å². The molecule has 2 fully saturated rings. The average molecular weight is 338 g/mol. The van der Waals surface area contributed by atoms with Crippen molar-refractivity contribution in [1.82, 2.24) is 20.4 Å². The lowest BCUT2D eigenvalue weighted by atomic mass is 9.80. The second kappa shape index (κ2) is 9.37. The minimum atomic E-state index is -0.450. The summed E-state index contributed by atoms with van der Waals surface area (Å²) in [6.07, 6.45) is 5.65. The fourth-order valence-corrected chi connectivity index (χ4v) is 3.92. The summed E-state index contributed by atoms with van der Waals surface area (Å²) in [5.41, 5.74) is -0.450. The van der Waals surface area contributed by atoms with Gasteiger partial charge in [0.05, 0.1) is 5.54 Å². The van der Waals surface area contributed by atoms with Crippen LogP contribution in [-0.4, -0.2) is 73.0 Å². The minimum absolute atomic E-state index is 0.199. The molecule has 0 aromatic heterocycles. The highest BCUT2D eigenvalue weighted by Gasteiger charge is 2.41. The van der Waals surface area contributed by atoms with Crippen LogP contribution in [0, 0.1) is 0 Å². The lowest BCUT2D eigenvalue weighted by Crippen LogP contribution is -2.59. The molecule has 1 aliphatic carbocycles. The number of nitrogens with zero attached hydrogens (tertiary/aromatic N) is 2. The Labute approximate surface area is 146 Å². The Morgan fingerprint density at radius 2 is 1.71 bits per heavy atom. The molecule has 1 saturated carbocycles. The first-order chi connectivity index (χ1) is 11.6. The van der Waals surface area contributed by atoms with Crippen molar-refractivity contribution in [1.29, 1.82) is 0 Å². The van der Waals surface area contributed by atoms with Gasteiger partial charge in [0.2, 0.25) is 11.8 Å². The van der Waals surface area contributed by atoms with Crippen LogP contribution in [0.25, 0.3) is 0 Å². The van der Waals surface area contributed by atoms with Gasteiger partial charge in [0.15, 0.2) is 0 Å². The molecule has 2 N–H and O–H groups in total. The van der Waals surface area contributed by atoms with Gasteiger partial charge in [0.1, 0.15) is 0 Å². The lowest BCUT2D eigenvalue weighted by molar-refractivity contribution is -0.140. The molecule has 0 spiro atoms. The van der Waals surface area contributed by atoms with Crippen LogP contribution in [0.15, 0.2) is 0 Å². The van der Waals surface area contributed by atoms with Crippen molar-refractivity contribution >= 4 is 11.8 Å². The standard InChI is InChI=1S/C18H34N4O2/c1-3-21(4-2)17(24)18(9-6-5-7-10-18)20-11-8-16(23)22-14-12-19-13-15-22/h19-20H,3-15H2,1-2H3. The third-order valence-electron chi connectivity index (χ3n) is 5.44. The van der Waals surface area contributed by atoms with Crippen molar-refractivity contribution < 1.29 is 9.59 Å². The number of amides is 2. The molecule has 1 heterocycles. The molecule has 0 aromatic rings. The van der Waals surface area contributed by atoms with Gasteiger partial charge in [-0.3, -0.25) is 9.59 Å². The van der Waals surface area contributed by atoms with Gasteiger partial charge in [-0.25, -0.2) is 0 Å². The van der Waals surface area contributed by atoms with Gasteiger partial charge in [-0.05, 0) is 26.7 Å². The second-order valence-electron chi connectivity index (χ2n) is 6.93. The van der Waals surface area contributed by atoms with Crippen LogP contribution in [0.3, 0.4) is 0 Å². The van der Waals surface area contributed by atoms with Crippen molar-refractivity contribution in [2.75, 3.05) is 45.8 Å². The lowest BCUT2D eigenvalue weighted by Gasteiger charge is -2.40. The summed E-state index contributed by atoms with van der Waals surface area (Å²) in [6.45, 7) is 9.50. The fraction of sp³-hybridized carbons (Fsp3) is 0.889. The molecule has 6 nitrogen and oxygen atoms in total. The van der Waals surface area contributed by atoms with E-state index >= 15 is 0 Å². The van der Waals surface area contributed by atoms with Gasteiger partial charge in [-0.2, -0.15) is 0 Å². The summed E-state index contributed by atoms with van der Waals surface area (Å²) in [7, 11) is 0. The van der Waals surface area contributed by atoms with Gasteiger partial charge in [-0.1, -0.05) is 19.3 Å². The van der Waals surface area contributed by atoms with Gasteiger partial charge < -0.3 is 20.4 Å². The number of hydrogen-bond acceptors (Lipinski definition) is 4. The Kier molecular flexibility index (Phi) is 7.49. The molecule has 2 aliphatic rings. The highest BCUT2D eigenvalue weighted by Crippen LogP contribution is 2.30. The van der Waals surface area contributed by atoms with Crippen LogP contribution in [0.2, 0.25) is 0 Å². The van der Waals surface area contributed by atoms with Gasteiger partial charge in [-0.15, -0.1) is 0 Å². The predicted molar refractivity (Wildman–Crippen MR) is 95.8 cm³/mol. The highest BCUT2D eigenvalue weighted by molar-refractivity contribution is 5.86. The third-order valence-corrected chi connectivity index (χ3v) is 5.44. The summed E-state index contributed by atoms with van der Waals surface area (Å²) >= 11 is 0. The van der Waals surface area contributed by atoms with E-state index in [1.54, 1.807) is 0 Å². The normalized spacial score (nSPS) is 20.7. The molecule has 0 aromatic carbocycles. The van der Waals surface area contributed by atoms with E-state index in [4.69, 9.17) is 0 Å². The molecule has 24 heavy (non-hydrogen) atoms. The van der Waals surface area contributed by atoms with Crippen LogP contribution in [0.5, 0.6) is 0 Å². The SMILES string of the molecule is CCN(CC)C(=O)C1(NCCC(=O)N2CCNCC2)CCCCC1. The largest absolute Gasteiger partial charge is 0.342 e. The monoisotopic (exact) mass is 338 g/mol. The van der Waals surface area contributed by atoms with E-state index in [-0.39, 0.29) is 11.8 Å². The maximum atomic E-state index is 13.0. The summed E-state index contributed by atoms with van der Waals surface area (Å²) in [5.74, 6) is 0.423. The third kappa shape index (κ3) is 4.70. The van der Waals surface area contributed by atoms with Gasteiger partial charge in [0, 0.05) is 52.2 Å². The molecular formula is C18H34N4O2. The van der Waals surface area contributed by atoms with Crippen molar-refractivity contribution in [3.8, 4) is 0 Å². The van der Waals surface area contributed by atoms with Crippen LogP contribution in [0.4, 0.5) is 0 Å². The van der Waals surface area contributed by atoms with Crippen LogP contribution >= 0.6 is 0 Å². The average Bonchev–Trinajstić information content (AvgIpc) is 2.64. The number of carbonyl (C=O) groups is 2. The zero-order chi connectivity index (χ0) is 17.4. The first kappa shape index (κ1) is 19.2. The molecule has 6 heteroatoms. The van der Waals surface area contributed by atoms with Crippen LogP contribution < -0.4 is 10.6 Å². The fourth-order valence-electron chi connectivity index (χ4n) is 3.92. The van der Waals surface area contributed by atoms with Crippen molar-refractivity contribution in [3.05, 3.63) is 0 Å².